The van der Waals surface area contributed by atoms with Crippen molar-refractivity contribution in [1.29, 1.82) is 0 Å². The Kier molecular flexibility index (Phi) is 4.79. The molecule has 5 nitrogen and oxygen atoms in total. The molecule has 0 amide bonds. The Hall–Kier alpha value is -2.93. The zero-order valence-electron chi connectivity index (χ0n) is 13.7. The molecule has 4 aromatic rings. The van der Waals surface area contributed by atoms with Gasteiger partial charge >= 0.3 is 0 Å². The predicted molar refractivity (Wildman–Crippen MR) is 97.0 cm³/mol. The van der Waals surface area contributed by atoms with E-state index in [9.17, 15) is 4.39 Å². The van der Waals surface area contributed by atoms with Gasteiger partial charge in [0, 0.05) is 11.8 Å². The fourth-order valence-electron chi connectivity index (χ4n) is 2.60. The van der Waals surface area contributed by atoms with Gasteiger partial charge in [-0.3, -0.25) is 4.57 Å². The van der Waals surface area contributed by atoms with Gasteiger partial charge in [-0.1, -0.05) is 59.4 Å². The Balaban J connectivity index is 1.70. The van der Waals surface area contributed by atoms with Gasteiger partial charge in [0.05, 0.1) is 17.8 Å². The second kappa shape index (κ2) is 7.53. The molecule has 0 atom stereocenters. The van der Waals surface area contributed by atoms with Crippen LogP contribution in [0, 0.1) is 5.82 Å². The lowest BCUT2D eigenvalue weighted by Crippen LogP contribution is -2.05. The van der Waals surface area contributed by atoms with Gasteiger partial charge in [0.1, 0.15) is 12.1 Å². The Morgan fingerprint density at radius 1 is 0.962 bits per heavy atom. The van der Waals surface area contributed by atoms with E-state index in [2.05, 4.69) is 15.4 Å². The quantitative estimate of drug-likeness (QED) is 0.473. The summed E-state index contributed by atoms with van der Waals surface area (Å²) < 4.78 is 21.1. The number of halogens is 1. The lowest BCUT2D eigenvalue weighted by molar-refractivity contribution is 0.414. The molecule has 0 bridgehead atoms. The van der Waals surface area contributed by atoms with E-state index in [-0.39, 0.29) is 5.82 Å². The van der Waals surface area contributed by atoms with Crippen LogP contribution in [0.1, 0.15) is 11.3 Å². The number of aromatic nitrogens is 4. The molecule has 0 aliphatic rings. The van der Waals surface area contributed by atoms with Crippen molar-refractivity contribution in [1.82, 2.24) is 19.9 Å². The van der Waals surface area contributed by atoms with Gasteiger partial charge < -0.3 is 4.52 Å². The van der Waals surface area contributed by atoms with E-state index < -0.39 is 0 Å². The average Bonchev–Trinajstić information content (AvgIpc) is 3.32. The summed E-state index contributed by atoms with van der Waals surface area (Å²) in [5.74, 6) is 0.789. The van der Waals surface area contributed by atoms with Gasteiger partial charge in [0.2, 0.25) is 0 Å². The maximum Gasteiger partial charge on any atom is 0.192 e. The van der Waals surface area contributed by atoms with Crippen LogP contribution in [-0.4, -0.2) is 19.9 Å². The number of rotatable bonds is 6. The number of benzene rings is 2. The lowest BCUT2D eigenvalue weighted by Gasteiger charge is -2.10. The molecule has 0 saturated heterocycles. The zero-order valence-corrected chi connectivity index (χ0v) is 14.6. The fraction of sp³-hybridized carbons (Fsp3) is 0.105. The monoisotopic (exact) mass is 366 g/mol. The zero-order chi connectivity index (χ0) is 17.8. The molecular formula is C19H15FN4OS. The first-order valence-electron chi connectivity index (χ1n) is 8.05. The summed E-state index contributed by atoms with van der Waals surface area (Å²) in [6, 6.07) is 18.4. The van der Waals surface area contributed by atoms with Gasteiger partial charge in [-0.2, -0.15) is 0 Å². The summed E-state index contributed by atoms with van der Waals surface area (Å²) >= 11 is 1.49. The van der Waals surface area contributed by atoms with Crippen molar-refractivity contribution in [3.63, 3.8) is 0 Å². The highest BCUT2D eigenvalue weighted by atomic mass is 32.2. The van der Waals surface area contributed by atoms with Gasteiger partial charge in [0.25, 0.3) is 0 Å². The standard InChI is InChI=1S/C19H15FN4OS/c20-17-9-5-4-8-16(17)18-21-22-19(26-13-15-10-11-25-23-15)24(18)12-14-6-2-1-3-7-14/h1-11H,12-13H2. The van der Waals surface area contributed by atoms with Crippen molar-refractivity contribution < 1.29 is 8.91 Å². The van der Waals surface area contributed by atoms with Gasteiger partial charge in [-0.05, 0) is 17.7 Å². The minimum Gasteiger partial charge on any atom is -0.364 e. The van der Waals surface area contributed by atoms with E-state index in [1.54, 1.807) is 18.2 Å². The molecule has 4 rings (SSSR count). The third-order valence-electron chi connectivity index (χ3n) is 3.86. The molecule has 2 aromatic heterocycles. The molecule has 130 valence electrons. The second-order valence-electron chi connectivity index (χ2n) is 5.64. The Labute approximate surface area is 153 Å². The van der Waals surface area contributed by atoms with Crippen molar-refractivity contribution in [3.8, 4) is 11.4 Å². The highest BCUT2D eigenvalue weighted by Crippen LogP contribution is 2.28. The Bertz CT molecular complexity index is 986. The van der Waals surface area contributed by atoms with Crippen molar-refractivity contribution in [2.24, 2.45) is 0 Å². The molecule has 0 aliphatic heterocycles. The molecular weight excluding hydrogens is 351 g/mol. The summed E-state index contributed by atoms with van der Waals surface area (Å²) in [6.45, 7) is 0.554. The van der Waals surface area contributed by atoms with Crippen LogP contribution in [-0.2, 0) is 12.3 Å². The summed E-state index contributed by atoms with van der Waals surface area (Å²) in [6.07, 6.45) is 1.54. The number of nitrogens with zero attached hydrogens (tertiary/aromatic N) is 4. The van der Waals surface area contributed by atoms with Crippen molar-refractivity contribution >= 4 is 11.8 Å². The van der Waals surface area contributed by atoms with Crippen LogP contribution >= 0.6 is 11.8 Å². The lowest BCUT2D eigenvalue weighted by atomic mass is 10.2. The molecule has 7 heteroatoms. The molecule has 0 saturated carbocycles. The van der Waals surface area contributed by atoms with Crippen LogP contribution in [0.3, 0.4) is 0 Å². The van der Waals surface area contributed by atoms with Crippen LogP contribution in [0.15, 0.2) is 76.6 Å². The van der Waals surface area contributed by atoms with E-state index in [1.807, 2.05) is 41.0 Å². The Morgan fingerprint density at radius 2 is 1.77 bits per heavy atom. The van der Waals surface area contributed by atoms with E-state index in [4.69, 9.17) is 4.52 Å². The largest absolute Gasteiger partial charge is 0.364 e. The highest BCUT2D eigenvalue weighted by Gasteiger charge is 2.17. The van der Waals surface area contributed by atoms with Gasteiger partial charge in [0.15, 0.2) is 11.0 Å². The van der Waals surface area contributed by atoms with Crippen LogP contribution in [0.5, 0.6) is 0 Å². The van der Waals surface area contributed by atoms with Gasteiger partial charge in [-0.25, -0.2) is 4.39 Å². The first-order chi connectivity index (χ1) is 12.8. The molecule has 2 heterocycles. The third kappa shape index (κ3) is 3.52. The third-order valence-corrected chi connectivity index (χ3v) is 4.86. The first-order valence-corrected chi connectivity index (χ1v) is 9.04. The molecule has 26 heavy (non-hydrogen) atoms. The molecule has 0 spiro atoms. The second-order valence-corrected chi connectivity index (χ2v) is 6.58. The SMILES string of the molecule is Fc1ccccc1-c1nnc(SCc2ccon2)n1Cc1ccccc1. The van der Waals surface area contributed by atoms with Gasteiger partial charge in [-0.15, -0.1) is 10.2 Å². The van der Waals surface area contributed by atoms with E-state index in [0.29, 0.717) is 28.8 Å². The maximum atomic E-state index is 14.3. The van der Waals surface area contributed by atoms with E-state index >= 15 is 0 Å². The van der Waals surface area contributed by atoms with Crippen molar-refractivity contribution in [3.05, 3.63) is 84.0 Å². The molecule has 0 fully saturated rings. The number of thioether (sulfide) groups is 1. The minimum atomic E-state index is -0.317. The number of hydrogen-bond acceptors (Lipinski definition) is 5. The van der Waals surface area contributed by atoms with Crippen LogP contribution in [0.4, 0.5) is 4.39 Å². The summed E-state index contributed by atoms with van der Waals surface area (Å²) in [4.78, 5) is 0. The topological polar surface area (TPSA) is 56.7 Å². The maximum absolute atomic E-state index is 14.3. The first kappa shape index (κ1) is 16.5. The summed E-state index contributed by atoms with van der Waals surface area (Å²) in [5.41, 5.74) is 2.34. The van der Waals surface area contributed by atoms with Crippen molar-refractivity contribution in [2.45, 2.75) is 17.5 Å². The smallest absolute Gasteiger partial charge is 0.192 e. The highest BCUT2D eigenvalue weighted by molar-refractivity contribution is 7.98. The van der Waals surface area contributed by atoms with E-state index in [0.717, 1.165) is 11.3 Å². The molecule has 0 aliphatic carbocycles. The average molecular weight is 366 g/mol. The fourth-order valence-corrected chi connectivity index (χ4v) is 3.43. The minimum absolute atomic E-state index is 0.317. The number of hydrogen-bond donors (Lipinski definition) is 0. The van der Waals surface area contributed by atoms with Crippen LogP contribution in [0.2, 0.25) is 0 Å². The molecule has 0 N–H and O–H groups in total. The van der Waals surface area contributed by atoms with Crippen LogP contribution < -0.4 is 0 Å². The van der Waals surface area contributed by atoms with Crippen LogP contribution in [0.25, 0.3) is 11.4 Å². The van der Waals surface area contributed by atoms with E-state index in [1.165, 1.54) is 24.1 Å². The summed E-state index contributed by atoms with van der Waals surface area (Å²) in [7, 11) is 0. The molecule has 0 unspecified atom stereocenters. The summed E-state index contributed by atoms with van der Waals surface area (Å²) in [5, 5.41) is 13.1. The molecule has 0 radical (unpaired) electrons. The predicted octanol–water partition coefficient (Wildman–Crippen LogP) is 4.41. The van der Waals surface area contributed by atoms with Crippen molar-refractivity contribution in [2.75, 3.05) is 0 Å². The molecule has 2 aromatic carbocycles. The normalized spacial score (nSPS) is 11.0. The Morgan fingerprint density at radius 3 is 2.54 bits per heavy atom.